The van der Waals surface area contributed by atoms with E-state index in [1.165, 1.54) is 36.8 Å². The van der Waals surface area contributed by atoms with Crippen molar-refractivity contribution in [1.82, 2.24) is 0 Å². The minimum Gasteiger partial charge on any atom is -0.398 e. The molecule has 0 aromatic heterocycles. The highest BCUT2D eigenvalue weighted by atomic mass is 14.6. The molecule has 0 saturated carbocycles. The summed E-state index contributed by atoms with van der Waals surface area (Å²) < 4.78 is 0. The van der Waals surface area contributed by atoms with Crippen LogP contribution < -0.4 is 5.73 Å². The van der Waals surface area contributed by atoms with Gasteiger partial charge in [-0.25, -0.2) is 0 Å². The molecule has 0 heterocycles. The summed E-state index contributed by atoms with van der Waals surface area (Å²) in [4.78, 5) is 0. The fourth-order valence-electron chi connectivity index (χ4n) is 2.85. The van der Waals surface area contributed by atoms with E-state index in [0.29, 0.717) is 5.92 Å². The monoisotopic (exact) mass is 229 g/mol. The van der Waals surface area contributed by atoms with Crippen LogP contribution in [0.25, 0.3) is 5.57 Å². The van der Waals surface area contributed by atoms with Gasteiger partial charge in [-0.2, -0.15) is 0 Å². The SMILES string of the molecule is CCC(C)C1CCCC=C1c1ccccc1N. The molecule has 2 unspecified atom stereocenters. The van der Waals surface area contributed by atoms with Gasteiger partial charge in [-0.15, -0.1) is 0 Å². The van der Waals surface area contributed by atoms with Gasteiger partial charge in [-0.05, 0) is 42.7 Å². The van der Waals surface area contributed by atoms with Gasteiger partial charge >= 0.3 is 0 Å². The Bertz CT molecular complexity index is 406. The lowest BCUT2D eigenvalue weighted by Gasteiger charge is -2.30. The van der Waals surface area contributed by atoms with Crippen molar-refractivity contribution in [2.24, 2.45) is 11.8 Å². The maximum atomic E-state index is 6.11. The molecule has 0 aliphatic heterocycles. The molecule has 1 nitrogen and oxygen atoms in total. The minimum atomic E-state index is 0.693. The number of nitrogens with two attached hydrogens (primary N) is 1. The number of rotatable bonds is 3. The zero-order valence-corrected chi connectivity index (χ0v) is 10.9. The first-order valence-corrected chi connectivity index (χ1v) is 6.79. The lowest BCUT2D eigenvalue weighted by atomic mass is 9.75. The summed E-state index contributed by atoms with van der Waals surface area (Å²) in [6.45, 7) is 4.65. The van der Waals surface area contributed by atoms with Gasteiger partial charge < -0.3 is 5.73 Å². The van der Waals surface area contributed by atoms with Gasteiger partial charge in [-0.1, -0.05) is 44.5 Å². The lowest BCUT2D eigenvalue weighted by Crippen LogP contribution is -2.16. The third-order valence-corrected chi connectivity index (χ3v) is 4.09. The first-order valence-electron chi connectivity index (χ1n) is 6.79. The Morgan fingerprint density at radius 2 is 2.12 bits per heavy atom. The van der Waals surface area contributed by atoms with E-state index in [-0.39, 0.29) is 0 Å². The molecule has 0 bridgehead atoms. The van der Waals surface area contributed by atoms with Gasteiger partial charge in [-0.3, -0.25) is 0 Å². The van der Waals surface area contributed by atoms with E-state index < -0.39 is 0 Å². The van der Waals surface area contributed by atoms with Crippen molar-refractivity contribution < 1.29 is 0 Å². The average Bonchev–Trinajstić information content (AvgIpc) is 2.38. The van der Waals surface area contributed by atoms with Crippen molar-refractivity contribution in [3.8, 4) is 0 Å². The van der Waals surface area contributed by atoms with Crippen molar-refractivity contribution in [3.63, 3.8) is 0 Å². The van der Waals surface area contributed by atoms with Crippen LogP contribution in [0.3, 0.4) is 0 Å². The molecule has 2 N–H and O–H groups in total. The number of hydrogen-bond donors (Lipinski definition) is 1. The van der Waals surface area contributed by atoms with E-state index in [9.17, 15) is 0 Å². The predicted octanol–water partition coefficient (Wildman–Crippen LogP) is 4.50. The largest absolute Gasteiger partial charge is 0.398 e. The highest BCUT2D eigenvalue weighted by Crippen LogP contribution is 2.40. The Morgan fingerprint density at radius 1 is 1.35 bits per heavy atom. The standard InChI is InChI=1S/C16H23N/c1-3-12(2)13-8-4-5-9-14(13)15-10-6-7-11-16(15)17/h6-7,9-13H,3-5,8,17H2,1-2H3. The van der Waals surface area contributed by atoms with Crippen LogP contribution in [-0.4, -0.2) is 0 Å². The Morgan fingerprint density at radius 3 is 2.82 bits per heavy atom. The summed E-state index contributed by atoms with van der Waals surface area (Å²) >= 11 is 0. The summed E-state index contributed by atoms with van der Waals surface area (Å²) in [7, 11) is 0. The van der Waals surface area contributed by atoms with E-state index in [2.05, 4.69) is 32.1 Å². The Labute approximate surface area is 105 Å². The summed E-state index contributed by atoms with van der Waals surface area (Å²) in [5.41, 5.74) is 9.79. The van der Waals surface area contributed by atoms with Crippen LogP contribution in [0, 0.1) is 11.8 Å². The molecule has 1 aromatic carbocycles. The van der Waals surface area contributed by atoms with Crippen molar-refractivity contribution in [2.45, 2.75) is 39.5 Å². The summed E-state index contributed by atoms with van der Waals surface area (Å²) in [5.74, 6) is 1.44. The first kappa shape index (κ1) is 12.2. The highest BCUT2D eigenvalue weighted by molar-refractivity contribution is 5.76. The zero-order valence-electron chi connectivity index (χ0n) is 10.9. The molecule has 1 aromatic rings. The van der Waals surface area contributed by atoms with E-state index in [1.807, 2.05) is 12.1 Å². The van der Waals surface area contributed by atoms with E-state index in [0.717, 1.165) is 11.6 Å². The molecule has 17 heavy (non-hydrogen) atoms. The van der Waals surface area contributed by atoms with Crippen molar-refractivity contribution >= 4 is 11.3 Å². The van der Waals surface area contributed by atoms with Crippen LogP contribution in [0.2, 0.25) is 0 Å². The molecule has 1 heteroatoms. The molecule has 1 aliphatic carbocycles. The molecular weight excluding hydrogens is 206 g/mol. The topological polar surface area (TPSA) is 26.0 Å². The van der Waals surface area contributed by atoms with E-state index in [4.69, 9.17) is 5.73 Å². The fraction of sp³-hybridized carbons (Fsp3) is 0.500. The molecule has 0 radical (unpaired) electrons. The Balaban J connectivity index is 2.35. The maximum Gasteiger partial charge on any atom is 0.0390 e. The first-order chi connectivity index (χ1) is 8.24. The second-order valence-corrected chi connectivity index (χ2v) is 5.17. The van der Waals surface area contributed by atoms with Gasteiger partial charge in [0.2, 0.25) is 0 Å². The summed E-state index contributed by atoms with van der Waals surface area (Å²) in [5, 5.41) is 0. The maximum absolute atomic E-state index is 6.11. The molecule has 0 spiro atoms. The molecule has 0 saturated heterocycles. The smallest absolute Gasteiger partial charge is 0.0390 e. The lowest BCUT2D eigenvalue weighted by molar-refractivity contribution is 0.388. The van der Waals surface area contributed by atoms with Crippen molar-refractivity contribution in [1.29, 1.82) is 0 Å². The number of hydrogen-bond acceptors (Lipinski definition) is 1. The number of benzene rings is 1. The van der Waals surface area contributed by atoms with Crippen LogP contribution in [0.4, 0.5) is 5.69 Å². The minimum absolute atomic E-state index is 0.693. The fourth-order valence-corrected chi connectivity index (χ4v) is 2.85. The Kier molecular flexibility index (Phi) is 3.88. The van der Waals surface area contributed by atoms with Crippen LogP contribution in [0.15, 0.2) is 30.3 Å². The normalized spacial score (nSPS) is 22.0. The van der Waals surface area contributed by atoms with Crippen LogP contribution in [0.1, 0.15) is 45.1 Å². The number of anilines is 1. The summed E-state index contributed by atoms with van der Waals surface area (Å²) in [6.07, 6.45) is 7.50. The van der Waals surface area contributed by atoms with Gasteiger partial charge in [0, 0.05) is 11.3 Å². The third kappa shape index (κ3) is 2.54. The van der Waals surface area contributed by atoms with Gasteiger partial charge in [0.15, 0.2) is 0 Å². The number of nitrogen functional groups attached to an aromatic ring is 1. The van der Waals surface area contributed by atoms with Crippen LogP contribution >= 0.6 is 0 Å². The third-order valence-electron chi connectivity index (χ3n) is 4.09. The average molecular weight is 229 g/mol. The molecule has 2 atom stereocenters. The number of allylic oxidation sites excluding steroid dienone is 2. The second-order valence-electron chi connectivity index (χ2n) is 5.17. The number of para-hydroxylation sites is 1. The highest BCUT2D eigenvalue weighted by Gasteiger charge is 2.24. The van der Waals surface area contributed by atoms with E-state index >= 15 is 0 Å². The predicted molar refractivity (Wildman–Crippen MR) is 75.6 cm³/mol. The van der Waals surface area contributed by atoms with Crippen molar-refractivity contribution in [3.05, 3.63) is 35.9 Å². The Hall–Kier alpha value is -1.24. The molecule has 2 rings (SSSR count). The zero-order chi connectivity index (χ0) is 12.3. The quantitative estimate of drug-likeness (QED) is 0.759. The van der Waals surface area contributed by atoms with Gasteiger partial charge in [0.25, 0.3) is 0 Å². The van der Waals surface area contributed by atoms with E-state index in [1.54, 1.807) is 0 Å². The van der Waals surface area contributed by atoms with Gasteiger partial charge in [0.05, 0.1) is 0 Å². The summed E-state index contributed by atoms with van der Waals surface area (Å²) in [6, 6.07) is 8.29. The van der Waals surface area contributed by atoms with Gasteiger partial charge in [0.1, 0.15) is 0 Å². The molecular formula is C16H23N. The van der Waals surface area contributed by atoms with Crippen LogP contribution in [0.5, 0.6) is 0 Å². The van der Waals surface area contributed by atoms with Crippen molar-refractivity contribution in [2.75, 3.05) is 5.73 Å². The molecule has 92 valence electrons. The molecule has 0 amide bonds. The molecule has 1 aliphatic rings. The molecule has 0 fully saturated rings. The second kappa shape index (κ2) is 5.39. The van der Waals surface area contributed by atoms with Crippen LogP contribution in [-0.2, 0) is 0 Å².